The molecule has 0 unspecified atom stereocenters. The van der Waals surface area contributed by atoms with E-state index in [-0.39, 0.29) is 11.9 Å². The second-order valence-electron chi connectivity index (χ2n) is 6.76. The zero-order valence-electron chi connectivity index (χ0n) is 14.3. The molecular formula is C19H27N3O2. The van der Waals surface area contributed by atoms with Gasteiger partial charge in [-0.1, -0.05) is 19.3 Å². The maximum Gasteiger partial charge on any atom is 0.321 e. The average Bonchev–Trinajstić information content (AvgIpc) is 3.09. The molecule has 0 atom stereocenters. The second-order valence-corrected chi connectivity index (χ2v) is 6.76. The van der Waals surface area contributed by atoms with E-state index in [1.165, 1.54) is 19.3 Å². The highest BCUT2D eigenvalue weighted by atomic mass is 16.2. The highest BCUT2D eigenvalue weighted by Gasteiger charge is 2.19. The Morgan fingerprint density at radius 2 is 1.21 bits per heavy atom. The highest BCUT2D eigenvalue weighted by molar-refractivity contribution is 5.95. The van der Waals surface area contributed by atoms with Crippen LogP contribution in [-0.2, 0) is 0 Å². The minimum absolute atomic E-state index is 0.0319. The number of likely N-dealkylation sites (tertiary alicyclic amines) is 2. The van der Waals surface area contributed by atoms with Crippen molar-refractivity contribution in [1.29, 1.82) is 0 Å². The Morgan fingerprint density at radius 1 is 0.708 bits per heavy atom. The Balaban J connectivity index is 1.56. The van der Waals surface area contributed by atoms with Gasteiger partial charge in [0.25, 0.3) is 5.91 Å². The second kappa shape index (κ2) is 8.18. The van der Waals surface area contributed by atoms with Crippen molar-refractivity contribution in [3.05, 3.63) is 29.8 Å². The highest BCUT2D eigenvalue weighted by Crippen LogP contribution is 2.17. The molecule has 0 aromatic heterocycles. The lowest BCUT2D eigenvalue weighted by Gasteiger charge is -2.25. The first-order chi connectivity index (χ1) is 11.7. The molecule has 1 aromatic rings. The van der Waals surface area contributed by atoms with Gasteiger partial charge >= 0.3 is 6.03 Å². The van der Waals surface area contributed by atoms with Gasteiger partial charge in [0.15, 0.2) is 0 Å². The van der Waals surface area contributed by atoms with Crippen LogP contribution in [0.2, 0.25) is 0 Å². The van der Waals surface area contributed by atoms with Gasteiger partial charge in [-0.3, -0.25) is 4.79 Å². The van der Waals surface area contributed by atoms with Crippen molar-refractivity contribution < 1.29 is 9.59 Å². The zero-order chi connectivity index (χ0) is 16.8. The molecule has 24 heavy (non-hydrogen) atoms. The van der Waals surface area contributed by atoms with Gasteiger partial charge in [0, 0.05) is 37.4 Å². The summed E-state index contributed by atoms with van der Waals surface area (Å²) in [6.45, 7) is 3.37. The number of anilines is 1. The van der Waals surface area contributed by atoms with E-state index in [4.69, 9.17) is 0 Å². The molecule has 2 aliphatic heterocycles. The molecule has 130 valence electrons. The van der Waals surface area contributed by atoms with Gasteiger partial charge in [0.1, 0.15) is 0 Å². The summed E-state index contributed by atoms with van der Waals surface area (Å²) >= 11 is 0. The lowest BCUT2D eigenvalue weighted by molar-refractivity contribution is 0.0793. The van der Waals surface area contributed by atoms with Gasteiger partial charge in [0.2, 0.25) is 0 Å². The van der Waals surface area contributed by atoms with Crippen LogP contribution < -0.4 is 5.32 Å². The Kier molecular flexibility index (Phi) is 5.72. The van der Waals surface area contributed by atoms with Crippen LogP contribution in [0, 0.1) is 0 Å². The number of carbonyl (C=O) groups excluding carboxylic acids is 2. The molecule has 2 aliphatic rings. The summed E-state index contributed by atoms with van der Waals surface area (Å²) in [5.74, 6) is 0.0918. The number of benzene rings is 1. The molecule has 0 spiro atoms. The van der Waals surface area contributed by atoms with Crippen molar-refractivity contribution in [3.63, 3.8) is 0 Å². The third kappa shape index (κ3) is 4.28. The van der Waals surface area contributed by atoms with Crippen LogP contribution in [0.4, 0.5) is 10.5 Å². The Labute approximate surface area is 144 Å². The van der Waals surface area contributed by atoms with Crippen molar-refractivity contribution in [2.75, 3.05) is 31.5 Å². The summed E-state index contributed by atoms with van der Waals surface area (Å²) in [6, 6.07) is 7.24. The summed E-state index contributed by atoms with van der Waals surface area (Å²) in [4.78, 5) is 28.5. The lowest BCUT2D eigenvalue weighted by Crippen LogP contribution is -2.37. The van der Waals surface area contributed by atoms with Gasteiger partial charge in [-0.05, 0) is 49.9 Å². The van der Waals surface area contributed by atoms with E-state index in [1.54, 1.807) is 0 Å². The Morgan fingerprint density at radius 3 is 1.83 bits per heavy atom. The van der Waals surface area contributed by atoms with Crippen LogP contribution in [-0.4, -0.2) is 47.9 Å². The Hall–Kier alpha value is -2.04. The van der Waals surface area contributed by atoms with E-state index in [1.807, 2.05) is 34.1 Å². The van der Waals surface area contributed by atoms with Gasteiger partial charge in [-0.15, -0.1) is 0 Å². The monoisotopic (exact) mass is 329 g/mol. The largest absolute Gasteiger partial charge is 0.339 e. The summed E-state index contributed by atoms with van der Waals surface area (Å²) in [6.07, 6.45) is 8.04. The van der Waals surface area contributed by atoms with Crippen LogP contribution in [0.5, 0.6) is 0 Å². The van der Waals surface area contributed by atoms with Gasteiger partial charge in [-0.2, -0.15) is 0 Å². The fraction of sp³-hybridized carbons (Fsp3) is 0.579. The number of carbonyl (C=O) groups is 2. The van der Waals surface area contributed by atoms with Gasteiger partial charge in [-0.25, -0.2) is 4.79 Å². The SMILES string of the molecule is O=C(Nc1ccc(C(=O)N2CCCC2)cc1)N1CCCCCCC1. The first-order valence-electron chi connectivity index (χ1n) is 9.19. The molecule has 2 fully saturated rings. The van der Waals surface area contributed by atoms with Crippen molar-refractivity contribution in [2.24, 2.45) is 0 Å². The molecule has 1 aromatic carbocycles. The van der Waals surface area contributed by atoms with Crippen LogP contribution in [0.15, 0.2) is 24.3 Å². The number of rotatable bonds is 2. The van der Waals surface area contributed by atoms with Crippen molar-refractivity contribution in [1.82, 2.24) is 9.80 Å². The number of hydrogen-bond acceptors (Lipinski definition) is 2. The minimum Gasteiger partial charge on any atom is -0.339 e. The topological polar surface area (TPSA) is 52.7 Å². The first kappa shape index (κ1) is 16.8. The number of urea groups is 1. The van der Waals surface area contributed by atoms with Gasteiger partial charge in [0.05, 0.1) is 0 Å². The Bertz CT molecular complexity index is 556. The number of nitrogens with one attached hydrogen (secondary N) is 1. The average molecular weight is 329 g/mol. The van der Waals surface area contributed by atoms with Crippen molar-refractivity contribution >= 4 is 17.6 Å². The van der Waals surface area contributed by atoms with E-state index in [2.05, 4.69) is 5.32 Å². The molecular weight excluding hydrogens is 302 g/mol. The number of amides is 3. The first-order valence-corrected chi connectivity index (χ1v) is 9.19. The molecule has 0 saturated carbocycles. The number of nitrogens with zero attached hydrogens (tertiary/aromatic N) is 2. The summed E-state index contributed by atoms with van der Waals surface area (Å²) in [7, 11) is 0. The molecule has 0 aliphatic carbocycles. The standard InChI is InChI=1S/C19H27N3O2/c23-18(21-12-6-7-13-21)16-8-10-17(11-9-16)20-19(24)22-14-4-2-1-3-5-15-22/h8-11H,1-7,12-15H2,(H,20,24). The van der Waals surface area contributed by atoms with Crippen LogP contribution in [0.25, 0.3) is 0 Å². The van der Waals surface area contributed by atoms with Crippen molar-refractivity contribution in [2.45, 2.75) is 44.9 Å². The quantitative estimate of drug-likeness (QED) is 0.899. The van der Waals surface area contributed by atoms with E-state index in [0.717, 1.165) is 57.5 Å². The molecule has 0 bridgehead atoms. The third-order valence-electron chi connectivity index (χ3n) is 4.92. The van der Waals surface area contributed by atoms with Crippen molar-refractivity contribution in [3.8, 4) is 0 Å². The minimum atomic E-state index is -0.0319. The lowest BCUT2D eigenvalue weighted by atomic mass is 10.1. The molecule has 3 rings (SSSR count). The normalized spacial score (nSPS) is 18.8. The predicted molar refractivity (Wildman–Crippen MR) is 95.3 cm³/mol. The summed E-state index contributed by atoms with van der Waals surface area (Å²) in [5.41, 5.74) is 1.45. The van der Waals surface area contributed by atoms with Crippen LogP contribution >= 0.6 is 0 Å². The van der Waals surface area contributed by atoms with Gasteiger partial charge < -0.3 is 15.1 Å². The molecule has 1 N–H and O–H groups in total. The molecule has 5 heteroatoms. The molecule has 2 saturated heterocycles. The van der Waals surface area contributed by atoms with Crippen LogP contribution in [0.3, 0.4) is 0 Å². The van der Waals surface area contributed by atoms with E-state index >= 15 is 0 Å². The van der Waals surface area contributed by atoms with E-state index in [9.17, 15) is 9.59 Å². The fourth-order valence-corrected chi connectivity index (χ4v) is 3.45. The zero-order valence-corrected chi connectivity index (χ0v) is 14.3. The molecule has 5 nitrogen and oxygen atoms in total. The molecule has 0 radical (unpaired) electrons. The maximum atomic E-state index is 12.4. The van der Waals surface area contributed by atoms with E-state index in [0.29, 0.717) is 5.56 Å². The number of hydrogen-bond donors (Lipinski definition) is 1. The van der Waals surface area contributed by atoms with E-state index < -0.39 is 0 Å². The summed E-state index contributed by atoms with van der Waals surface area (Å²) in [5, 5.41) is 2.96. The third-order valence-corrected chi connectivity index (χ3v) is 4.92. The fourth-order valence-electron chi connectivity index (χ4n) is 3.45. The predicted octanol–water partition coefficient (Wildman–Crippen LogP) is 3.72. The van der Waals surface area contributed by atoms with Crippen LogP contribution in [0.1, 0.15) is 55.3 Å². The molecule has 3 amide bonds. The maximum absolute atomic E-state index is 12.4. The summed E-state index contributed by atoms with van der Waals surface area (Å²) < 4.78 is 0. The smallest absolute Gasteiger partial charge is 0.321 e. The molecule has 2 heterocycles.